The number of aromatic nitrogens is 1. The molecule has 1 fully saturated rings. The van der Waals surface area contributed by atoms with Crippen LogP contribution in [0.5, 0.6) is 0 Å². The Morgan fingerprint density at radius 2 is 2.21 bits per heavy atom. The van der Waals surface area contributed by atoms with Gasteiger partial charge in [0, 0.05) is 18.8 Å². The second-order valence-electron chi connectivity index (χ2n) is 4.50. The number of ether oxygens (including phenoxy) is 1. The summed E-state index contributed by atoms with van der Waals surface area (Å²) in [4.78, 5) is 15.6. The van der Waals surface area contributed by atoms with Gasteiger partial charge in [-0.05, 0) is 18.6 Å². The topological polar surface area (TPSA) is 74.7 Å². The molecule has 6 heteroatoms. The second-order valence-corrected chi connectivity index (χ2v) is 4.50. The van der Waals surface area contributed by atoms with Gasteiger partial charge in [0.1, 0.15) is 5.82 Å². The fourth-order valence-corrected chi connectivity index (χ4v) is 1.99. The van der Waals surface area contributed by atoms with Gasteiger partial charge in [0.25, 0.3) is 0 Å². The minimum atomic E-state index is -0.926. The predicted octanol–water partition coefficient (Wildman–Crippen LogP) is 1.39. The summed E-state index contributed by atoms with van der Waals surface area (Å²) >= 11 is 0. The summed E-state index contributed by atoms with van der Waals surface area (Å²) < 4.78 is 5.27. The molecule has 19 heavy (non-hydrogen) atoms. The SMILES string of the molecule is CCCc1cc(C(=O)O)cc(NN2CCOCC2)n1. The molecule has 0 radical (unpaired) electrons. The summed E-state index contributed by atoms with van der Waals surface area (Å²) in [5, 5.41) is 11.1. The number of nitrogens with one attached hydrogen (secondary N) is 1. The lowest BCUT2D eigenvalue weighted by molar-refractivity contribution is 0.0494. The largest absolute Gasteiger partial charge is 0.478 e. The smallest absolute Gasteiger partial charge is 0.335 e. The Balaban J connectivity index is 2.15. The zero-order chi connectivity index (χ0) is 13.7. The summed E-state index contributed by atoms with van der Waals surface area (Å²) in [5.41, 5.74) is 4.23. The maximum Gasteiger partial charge on any atom is 0.335 e. The highest BCUT2D eigenvalue weighted by molar-refractivity contribution is 5.88. The molecule has 0 aromatic carbocycles. The average molecular weight is 265 g/mol. The quantitative estimate of drug-likeness (QED) is 0.838. The minimum Gasteiger partial charge on any atom is -0.478 e. The summed E-state index contributed by atoms with van der Waals surface area (Å²) in [6, 6.07) is 3.20. The Bertz CT molecular complexity index is 445. The number of hydrogen-bond donors (Lipinski definition) is 2. The molecule has 0 bridgehead atoms. The lowest BCUT2D eigenvalue weighted by Crippen LogP contribution is -2.40. The van der Waals surface area contributed by atoms with Crippen LogP contribution in [0.2, 0.25) is 0 Å². The van der Waals surface area contributed by atoms with Crippen LogP contribution in [0.4, 0.5) is 5.82 Å². The number of pyridine rings is 1. The highest BCUT2D eigenvalue weighted by Crippen LogP contribution is 2.13. The Labute approximate surface area is 112 Å². The fourth-order valence-electron chi connectivity index (χ4n) is 1.99. The van der Waals surface area contributed by atoms with Crippen LogP contribution < -0.4 is 5.43 Å². The zero-order valence-corrected chi connectivity index (χ0v) is 11.1. The van der Waals surface area contributed by atoms with Gasteiger partial charge >= 0.3 is 5.97 Å². The first-order valence-electron chi connectivity index (χ1n) is 6.52. The van der Waals surface area contributed by atoms with Crippen LogP contribution in [-0.2, 0) is 11.2 Å². The normalized spacial score (nSPS) is 16.3. The number of hydrazine groups is 1. The third-order valence-electron chi connectivity index (χ3n) is 2.92. The molecule has 0 spiro atoms. The summed E-state index contributed by atoms with van der Waals surface area (Å²) in [7, 11) is 0. The number of carbonyl (C=O) groups is 1. The molecule has 104 valence electrons. The molecule has 1 aromatic heterocycles. The highest BCUT2D eigenvalue weighted by Gasteiger charge is 2.13. The molecule has 2 rings (SSSR count). The van der Waals surface area contributed by atoms with E-state index in [1.807, 2.05) is 11.9 Å². The molecule has 0 saturated carbocycles. The standard InChI is InChI=1S/C13H19N3O3/c1-2-3-11-8-10(13(17)18)9-12(14-11)15-16-4-6-19-7-5-16/h8-9H,2-7H2,1H3,(H,14,15)(H,17,18). The van der Waals surface area contributed by atoms with Crippen molar-refractivity contribution in [2.75, 3.05) is 31.7 Å². The molecule has 1 saturated heterocycles. The van der Waals surface area contributed by atoms with E-state index in [0.29, 0.717) is 19.0 Å². The van der Waals surface area contributed by atoms with Gasteiger partial charge in [-0.25, -0.2) is 14.8 Å². The number of morpholine rings is 1. The van der Waals surface area contributed by atoms with Crippen molar-refractivity contribution in [3.8, 4) is 0 Å². The van der Waals surface area contributed by atoms with Crippen molar-refractivity contribution in [2.24, 2.45) is 0 Å². The Hall–Kier alpha value is -1.66. The molecular formula is C13H19N3O3. The van der Waals surface area contributed by atoms with Crippen molar-refractivity contribution in [3.63, 3.8) is 0 Å². The van der Waals surface area contributed by atoms with E-state index in [-0.39, 0.29) is 5.56 Å². The highest BCUT2D eigenvalue weighted by atomic mass is 16.5. The first-order valence-corrected chi connectivity index (χ1v) is 6.52. The number of carboxylic acids is 1. The van der Waals surface area contributed by atoms with E-state index in [2.05, 4.69) is 10.4 Å². The molecule has 2 N–H and O–H groups in total. The van der Waals surface area contributed by atoms with Crippen LogP contribution in [0, 0.1) is 0 Å². The van der Waals surface area contributed by atoms with Gasteiger partial charge in [-0.1, -0.05) is 13.3 Å². The summed E-state index contributed by atoms with van der Waals surface area (Å²) in [6.07, 6.45) is 1.71. The molecule has 0 unspecified atom stereocenters. The first-order chi connectivity index (χ1) is 9.19. The number of aryl methyl sites for hydroxylation is 1. The third kappa shape index (κ3) is 3.90. The Kier molecular flexibility index (Phi) is 4.70. The predicted molar refractivity (Wildman–Crippen MR) is 71.2 cm³/mol. The van der Waals surface area contributed by atoms with Crippen molar-refractivity contribution >= 4 is 11.8 Å². The molecule has 2 heterocycles. The van der Waals surface area contributed by atoms with Gasteiger partial charge in [-0.3, -0.25) is 0 Å². The van der Waals surface area contributed by atoms with Crippen molar-refractivity contribution < 1.29 is 14.6 Å². The van der Waals surface area contributed by atoms with Gasteiger partial charge in [-0.2, -0.15) is 0 Å². The van der Waals surface area contributed by atoms with Gasteiger partial charge in [0.05, 0.1) is 18.8 Å². The van der Waals surface area contributed by atoms with Crippen LogP contribution in [0.3, 0.4) is 0 Å². The van der Waals surface area contributed by atoms with E-state index in [1.165, 1.54) is 0 Å². The van der Waals surface area contributed by atoms with E-state index >= 15 is 0 Å². The van der Waals surface area contributed by atoms with Crippen molar-refractivity contribution in [3.05, 3.63) is 23.4 Å². The lowest BCUT2D eigenvalue weighted by atomic mass is 10.1. The number of rotatable bonds is 5. The van der Waals surface area contributed by atoms with Crippen LogP contribution in [0.1, 0.15) is 29.4 Å². The van der Waals surface area contributed by atoms with Gasteiger partial charge in [0.15, 0.2) is 0 Å². The number of carboxylic acid groups (broad SMARTS) is 1. The first kappa shape index (κ1) is 13.8. The van der Waals surface area contributed by atoms with Gasteiger partial charge in [-0.15, -0.1) is 0 Å². The third-order valence-corrected chi connectivity index (χ3v) is 2.92. The minimum absolute atomic E-state index is 0.272. The van der Waals surface area contributed by atoms with Crippen LogP contribution >= 0.6 is 0 Å². The second kappa shape index (κ2) is 6.49. The van der Waals surface area contributed by atoms with E-state index in [9.17, 15) is 4.79 Å². The van der Waals surface area contributed by atoms with Gasteiger partial charge in [0.2, 0.25) is 0 Å². The molecular weight excluding hydrogens is 246 g/mol. The monoisotopic (exact) mass is 265 g/mol. The van der Waals surface area contributed by atoms with E-state index in [0.717, 1.165) is 31.6 Å². The number of hydrogen-bond acceptors (Lipinski definition) is 5. The van der Waals surface area contributed by atoms with E-state index < -0.39 is 5.97 Å². The fraction of sp³-hybridized carbons (Fsp3) is 0.538. The molecule has 0 atom stereocenters. The van der Waals surface area contributed by atoms with Crippen LogP contribution in [0.25, 0.3) is 0 Å². The summed E-state index contributed by atoms with van der Waals surface area (Å²) in [6.45, 7) is 4.93. The lowest BCUT2D eigenvalue weighted by Gasteiger charge is -2.27. The van der Waals surface area contributed by atoms with Crippen LogP contribution in [-0.4, -0.2) is 47.4 Å². The van der Waals surface area contributed by atoms with Crippen LogP contribution in [0.15, 0.2) is 12.1 Å². The number of aromatic carboxylic acids is 1. The Morgan fingerprint density at radius 1 is 1.47 bits per heavy atom. The molecule has 1 aliphatic rings. The maximum absolute atomic E-state index is 11.1. The molecule has 1 aliphatic heterocycles. The van der Waals surface area contributed by atoms with Crippen molar-refractivity contribution in [1.82, 2.24) is 9.99 Å². The molecule has 0 aliphatic carbocycles. The van der Waals surface area contributed by atoms with E-state index in [1.54, 1.807) is 12.1 Å². The Morgan fingerprint density at radius 3 is 2.84 bits per heavy atom. The number of anilines is 1. The maximum atomic E-state index is 11.1. The average Bonchev–Trinajstić information content (AvgIpc) is 2.40. The molecule has 6 nitrogen and oxygen atoms in total. The molecule has 0 amide bonds. The summed E-state index contributed by atoms with van der Waals surface area (Å²) in [5.74, 6) is -0.338. The van der Waals surface area contributed by atoms with Gasteiger partial charge < -0.3 is 15.3 Å². The van der Waals surface area contributed by atoms with Crippen molar-refractivity contribution in [1.29, 1.82) is 0 Å². The van der Waals surface area contributed by atoms with E-state index in [4.69, 9.17) is 9.84 Å². The van der Waals surface area contributed by atoms with Crippen molar-refractivity contribution in [2.45, 2.75) is 19.8 Å². The number of nitrogens with zero attached hydrogens (tertiary/aromatic N) is 2. The zero-order valence-electron chi connectivity index (χ0n) is 11.1. The molecule has 1 aromatic rings.